The highest BCUT2D eigenvalue weighted by atomic mass is 15.4. The van der Waals surface area contributed by atoms with Gasteiger partial charge in [-0.1, -0.05) is 41.1 Å². The number of pyridine rings is 1. The fraction of sp³-hybridized carbons (Fsp3) is 0.118. The van der Waals surface area contributed by atoms with Gasteiger partial charge in [0.1, 0.15) is 6.04 Å². The second kappa shape index (κ2) is 4.98. The maximum absolute atomic E-state index is 4.58. The molecule has 2 aromatic heterocycles. The van der Waals surface area contributed by atoms with Crippen LogP contribution in [0, 0.1) is 0 Å². The lowest BCUT2D eigenvalue weighted by atomic mass is 10.1. The second-order valence-electron chi connectivity index (χ2n) is 5.13. The Balaban J connectivity index is 1.64. The quantitative estimate of drug-likeness (QED) is 0.688. The second-order valence-corrected chi connectivity index (χ2v) is 5.13. The van der Waals surface area contributed by atoms with Crippen molar-refractivity contribution in [3.63, 3.8) is 0 Å². The van der Waals surface area contributed by atoms with Crippen LogP contribution in [0.4, 0.5) is 0 Å². The van der Waals surface area contributed by atoms with Crippen molar-refractivity contribution in [3.05, 3.63) is 78.5 Å². The summed E-state index contributed by atoms with van der Waals surface area (Å²) in [5.41, 5.74) is 1.33. The molecule has 4 heteroatoms. The van der Waals surface area contributed by atoms with E-state index in [0.717, 1.165) is 18.1 Å². The van der Waals surface area contributed by atoms with E-state index in [1.54, 1.807) is 6.20 Å². The van der Waals surface area contributed by atoms with Crippen molar-refractivity contribution in [2.45, 2.75) is 12.5 Å². The summed E-state index contributed by atoms with van der Waals surface area (Å²) in [6.07, 6.45) is 9.06. The summed E-state index contributed by atoms with van der Waals surface area (Å²) in [5.74, 6) is 1.81. The highest BCUT2D eigenvalue weighted by Crippen LogP contribution is 2.17. The van der Waals surface area contributed by atoms with E-state index >= 15 is 0 Å². The van der Waals surface area contributed by atoms with Crippen molar-refractivity contribution in [2.75, 3.05) is 0 Å². The number of nitrogens with zero attached hydrogens (tertiary/aromatic N) is 4. The molecule has 0 radical (unpaired) electrons. The molecule has 0 amide bonds. The van der Waals surface area contributed by atoms with Crippen molar-refractivity contribution >= 4 is 6.08 Å². The predicted octanol–water partition coefficient (Wildman–Crippen LogP) is 2.37. The Morgan fingerprint density at radius 1 is 1.05 bits per heavy atom. The maximum atomic E-state index is 4.58. The van der Waals surface area contributed by atoms with Crippen LogP contribution in [0.3, 0.4) is 0 Å². The first-order chi connectivity index (χ1) is 10.4. The van der Waals surface area contributed by atoms with Crippen LogP contribution >= 0.6 is 0 Å². The molecule has 4 rings (SSSR count). The lowest BCUT2D eigenvalue weighted by Gasteiger charge is -2.07. The Morgan fingerprint density at radius 2 is 1.90 bits per heavy atom. The lowest BCUT2D eigenvalue weighted by molar-refractivity contribution is -0.709. The third-order valence-corrected chi connectivity index (χ3v) is 3.70. The fourth-order valence-electron chi connectivity index (χ4n) is 2.65. The molecule has 3 aromatic rings. The molecule has 4 nitrogen and oxygen atoms in total. The van der Waals surface area contributed by atoms with Crippen LogP contribution in [0.15, 0.2) is 67.1 Å². The standard InChI is InChI=1S/C17H15N4/c1-2-6-14(7-3-1)12-15-9-10-17-19-21(13-20(15)17)16-8-4-5-11-18-16/h1-11,13,15H,12H2/q+1. The Hall–Kier alpha value is -2.75. The summed E-state index contributed by atoms with van der Waals surface area (Å²) in [4.78, 5) is 4.33. The number of rotatable bonds is 3. The summed E-state index contributed by atoms with van der Waals surface area (Å²) < 4.78 is 4.03. The van der Waals surface area contributed by atoms with Gasteiger partial charge in [-0.3, -0.25) is 0 Å². The number of fused-ring (bicyclic) bond motifs is 1. The first-order valence-electron chi connectivity index (χ1n) is 7.04. The number of allylic oxidation sites excluding steroid dienone is 1. The lowest BCUT2D eigenvalue weighted by Crippen LogP contribution is -2.37. The van der Waals surface area contributed by atoms with Crippen molar-refractivity contribution in [3.8, 4) is 5.82 Å². The third kappa shape index (κ3) is 2.25. The van der Waals surface area contributed by atoms with E-state index in [1.165, 1.54) is 5.56 Å². The molecule has 1 atom stereocenters. The number of benzene rings is 1. The van der Waals surface area contributed by atoms with E-state index in [2.05, 4.69) is 51.1 Å². The molecular formula is C17H15N4+. The molecule has 1 aromatic carbocycles. The highest BCUT2D eigenvalue weighted by Gasteiger charge is 2.27. The fourth-order valence-corrected chi connectivity index (χ4v) is 2.65. The van der Waals surface area contributed by atoms with Crippen LogP contribution in [-0.2, 0) is 6.42 Å². The summed E-state index contributed by atoms with van der Waals surface area (Å²) >= 11 is 0. The smallest absolute Gasteiger partial charge is 0.224 e. The van der Waals surface area contributed by atoms with E-state index in [4.69, 9.17) is 0 Å². The zero-order valence-corrected chi connectivity index (χ0v) is 11.5. The minimum atomic E-state index is 0.319. The minimum absolute atomic E-state index is 0.319. The first kappa shape index (κ1) is 12.0. The van der Waals surface area contributed by atoms with Crippen LogP contribution in [-0.4, -0.2) is 14.8 Å². The first-order valence-corrected chi connectivity index (χ1v) is 7.04. The Kier molecular flexibility index (Phi) is 2.85. The van der Waals surface area contributed by atoms with Gasteiger partial charge in [0.05, 0.1) is 5.10 Å². The molecule has 1 unspecified atom stereocenters. The molecule has 1 aliphatic heterocycles. The van der Waals surface area contributed by atoms with E-state index in [9.17, 15) is 0 Å². The van der Waals surface area contributed by atoms with Crippen LogP contribution in [0.5, 0.6) is 0 Å². The molecule has 21 heavy (non-hydrogen) atoms. The highest BCUT2D eigenvalue weighted by molar-refractivity contribution is 5.40. The summed E-state index contributed by atoms with van der Waals surface area (Å²) in [5, 5.41) is 4.58. The molecule has 0 aliphatic carbocycles. The maximum Gasteiger partial charge on any atom is 0.302 e. The molecule has 3 heterocycles. The van der Waals surface area contributed by atoms with E-state index in [1.807, 2.05) is 35.3 Å². The van der Waals surface area contributed by atoms with E-state index in [-0.39, 0.29) is 0 Å². The summed E-state index contributed by atoms with van der Waals surface area (Å²) in [6.45, 7) is 0. The van der Waals surface area contributed by atoms with Crippen molar-refractivity contribution in [2.24, 2.45) is 0 Å². The van der Waals surface area contributed by atoms with Gasteiger partial charge in [-0.15, -0.1) is 0 Å². The normalized spacial score (nSPS) is 16.1. The van der Waals surface area contributed by atoms with Gasteiger partial charge in [-0.2, -0.15) is 0 Å². The zero-order chi connectivity index (χ0) is 14.1. The Labute approximate surface area is 123 Å². The summed E-state index contributed by atoms with van der Waals surface area (Å²) in [6, 6.07) is 16.7. The van der Waals surface area contributed by atoms with Crippen LogP contribution in [0.2, 0.25) is 0 Å². The van der Waals surface area contributed by atoms with Crippen molar-refractivity contribution < 1.29 is 4.57 Å². The monoisotopic (exact) mass is 275 g/mol. The topological polar surface area (TPSA) is 34.6 Å². The largest absolute Gasteiger partial charge is 0.302 e. The SMILES string of the molecule is C1=CC(Cc2ccccc2)[n+]2cn(-c3ccccn3)nc21. The molecule has 102 valence electrons. The Bertz CT molecular complexity index is 775. The number of hydrogen-bond acceptors (Lipinski definition) is 2. The van der Waals surface area contributed by atoms with E-state index in [0.29, 0.717) is 6.04 Å². The molecule has 0 saturated carbocycles. The molecule has 1 aliphatic rings. The molecule has 0 N–H and O–H groups in total. The van der Waals surface area contributed by atoms with Crippen LogP contribution in [0.1, 0.15) is 17.4 Å². The zero-order valence-electron chi connectivity index (χ0n) is 11.5. The van der Waals surface area contributed by atoms with Gasteiger partial charge in [0, 0.05) is 24.8 Å². The van der Waals surface area contributed by atoms with Crippen molar-refractivity contribution in [1.82, 2.24) is 14.8 Å². The molecule has 0 saturated heterocycles. The minimum Gasteiger partial charge on any atom is -0.224 e. The van der Waals surface area contributed by atoms with Crippen molar-refractivity contribution in [1.29, 1.82) is 0 Å². The van der Waals surface area contributed by atoms with Gasteiger partial charge in [0.25, 0.3) is 0 Å². The van der Waals surface area contributed by atoms with E-state index < -0.39 is 0 Å². The number of aromatic nitrogens is 4. The molecule has 0 spiro atoms. The van der Waals surface area contributed by atoms with Gasteiger partial charge in [-0.25, -0.2) is 9.55 Å². The van der Waals surface area contributed by atoms with Crippen LogP contribution < -0.4 is 4.57 Å². The van der Waals surface area contributed by atoms with Gasteiger partial charge >= 0.3 is 5.82 Å². The average molecular weight is 275 g/mol. The molecule has 0 bridgehead atoms. The van der Waals surface area contributed by atoms with Crippen LogP contribution in [0.25, 0.3) is 11.9 Å². The average Bonchev–Trinajstić information content (AvgIpc) is 3.11. The van der Waals surface area contributed by atoms with Gasteiger partial charge in [0.2, 0.25) is 12.1 Å². The van der Waals surface area contributed by atoms with Gasteiger partial charge < -0.3 is 0 Å². The summed E-state index contributed by atoms with van der Waals surface area (Å²) in [7, 11) is 0. The third-order valence-electron chi connectivity index (χ3n) is 3.70. The number of hydrogen-bond donors (Lipinski definition) is 0. The predicted molar refractivity (Wildman–Crippen MR) is 79.8 cm³/mol. The van der Waals surface area contributed by atoms with Gasteiger partial charge in [0.15, 0.2) is 0 Å². The molecule has 0 fully saturated rings. The molecular weight excluding hydrogens is 260 g/mol. The Morgan fingerprint density at radius 3 is 2.71 bits per heavy atom. The van der Waals surface area contributed by atoms with Gasteiger partial charge in [-0.05, 0) is 17.7 Å².